The van der Waals surface area contributed by atoms with Gasteiger partial charge in [0.25, 0.3) is 0 Å². The summed E-state index contributed by atoms with van der Waals surface area (Å²) in [5.74, 6) is -0.369. The van der Waals surface area contributed by atoms with Crippen LogP contribution in [0.25, 0.3) is 0 Å². The molecule has 0 fully saturated rings. The Morgan fingerprint density at radius 3 is 2.55 bits per heavy atom. The molecular weight excluding hydrogens is 420 g/mol. The Balaban J connectivity index is 1.56. The molecule has 0 aliphatic carbocycles. The van der Waals surface area contributed by atoms with Crippen LogP contribution >= 0.6 is 0 Å². The van der Waals surface area contributed by atoms with Gasteiger partial charge in [-0.05, 0) is 55.3 Å². The molecule has 1 aromatic carbocycles. The molecule has 0 aliphatic rings. The van der Waals surface area contributed by atoms with Crippen molar-refractivity contribution >= 4 is 23.4 Å². The molecule has 1 N–H and O–H groups in total. The van der Waals surface area contributed by atoms with E-state index in [2.05, 4.69) is 15.3 Å². The number of nitrogens with one attached hydrogen (secondary N) is 1. The van der Waals surface area contributed by atoms with Gasteiger partial charge in [-0.25, -0.2) is 4.98 Å². The van der Waals surface area contributed by atoms with Gasteiger partial charge in [0.05, 0.1) is 25.0 Å². The zero-order valence-electron chi connectivity index (χ0n) is 18.8. The number of hydrogen-bond donors (Lipinski definition) is 1. The van der Waals surface area contributed by atoms with Crippen molar-refractivity contribution in [3.05, 3.63) is 78.8 Å². The number of hydrogen-bond acceptors (Lipinski definition) is 7. The molecule has 0 radical (unpaired) electrons. The van der Waals surface area contributed by atoms with Gasteiger partial charge >= 0.3 is 5.97 Å². The Labute approximate surface area is 193 Å². The second-order valence-corrected chi connectivity index (χ2v) is 7.34. The summed E-state index contributed by atoms with van der Waals surface area (Å²) in [6.45, 7) is 3.09. The highest BCUT2D eigenvalue weighted by molar-refractivity contribution is 6.04. The van der Waals surface area contributed by atoms with E-state index >= 15 is 0 Å². The van der Waals surface area contributed by atoms with Crippen LogP contribution in [0, 0.1) is 5.92 Å². The highest BCUT2D eigenvalue weighted by atomic mass is 16.5. The van der Waals surface area contributed by atoms with Crippen LogP contribution in [0.5, 0.6) is 5.75 Å². The minimum absolute atomic E-state index is 0.204. The lowest BCUT2D eigenvalue weighted by molar-refractivity contribution is -0.150. The van der Waals surface area contributed by atoms with Gasteiger partial charge in [0.1, 0.15) is 24.1 Å². The van der Waals surface area contributed by atoms with Crippen molar-refractivity contribution < 1.29 is 19.1 Å². The van der Waals surface area contributed by atoms with Crippen LogP contribution in [-0.2, 0) is 20.7 Å². The van der Waals surface area contributed by atoms with Crippen molar-refractivity contribution in [2.45, 2.75) is 13.3 Å². The Hall–Kier alpha value is -3.94. The summed E-state index contributed by atoms with van der Waals surface area (Å²) in [6, 6.07) is 16.5. The third kappa shape index (κ3) is 7.31. The van der Waals surface area contributed by atoms with Gasteiger partial charge in [0.2, 0.25) is 5.91 Å². The summed E-state index contributed by atoms with van der Waals surface area (Å²) >= 11 is 0. The molecule has 172 valence electrons. The number of anilines is 2. The fourth-order valence-corrected chi connectivity index (χ4v) is 3.14. The van der Waals surface area contributed by atoms with Crippen molar-refractivity contribution in [3.63, 3.8) is 0 Å². The summed E-state index contributed by atoms with van der Waals surface area (Å²) in [5.41, 5.74) is 1.35. The van der Waals surface area contributed by atoms with Gasteiger partial charge in [-0.3, -0.25) is 14.6 Å². The van der Waals surface area contributed by atoms with E-state index in [1.54, 1.807) is 31.5 Å². The lowest BCUT2D eigenvalue weighted by atomic mass is 9.98. The summed E-state index contributed by atoms with van der Waals surface area (Å²) in [5, 5.41) is 2.73. The monoisotopic (exact) mass is 448 g/mol. The summed E-state index contributed by atoms with van der Waals surface area (Å²) < 4.78 is 10.9. The van der Waals surface area contributed by atoms with E-state index < -0.39 is 17.8 Å². The number of carbonyl (C=O) groups excluding carboxylic acids is 2. The molecular formula is C25H28N4O4. The lowest BCUT2D eigenvalue weighted by Crippen LogP contribution is -2.33. The molecule has 33 heavy (non-hydrogen) atoms. The normalized spacial score (nSPS) is 11.3. The molecule has 1 atom stereocenters. The van der Waals surface area contributed by atoms with Gasteiger partial charge in [0, 0.05) is 19.4 Å². The number of likely N-dealkylation sites (N-methyl/N-ethyl adjacent to an activating group) is 1. The third-order valence-electron chi connectivity index (χ3n) is 4.92. The molecule has 3 aromatic rings. The molecule has 8 heteroatoms. The van der Waals surface area contributed by atoms with Crippen molar-refractivity contribution in [2.75, 3.05) is 37.0 Å². The summed E-state index contributed by atoms with van der Waals surface area (Å²) in [4.78, 5) is 35.5. The van der Waals surface area contributed by atoms with E-state index in [1.165, 1.54) is 6.20 Å². The van der Waals surface area contributed by atoms with Crippen LogP contribution in [-0.4, -0.2) is 48.7 Å². The standard InChI is InChI=1S/C25H28N4O4/c1-3-32-25(31)22(24(30)28-20-7-6-13-26-18-20)17-19-9-11-21(12-10-19)33-16-15-29(2)23-8-4-5-14-27-23/h4-14,18,22H,3,15-17H2,1-2H3,(H,28,30). The first-order valence-corrected chi connectivity index (χ1v) is 10.8. The zero-order chi connectivity index (χ0) is 23.5. The van der Waals surface area contributed by atoms with Crippen molar-refractivity contribution in [1.29, 1.82) is 0 Å². The van der Waals surface area contributed by atoms with Crippen LogP contribution < -0.4 is 15.0 Å². The maximum Gasteiger partial charge on any atom is 0.318 e. The van der Waals surface area contributed by atoms with E-state index in [0.29, 0.717) is 24.6 Å². The van der Waals surface area contributed by atoms with E-state index in [1.807, 2.05) is 54.4 Å². The lowest BCUT2D eigenvalue weighted by Gasteiger charge is -2.18. The predicted octanol–water partition coefficient (Wildman–Crippen LogP) is 3.35. The van der Waals surface area contributed by atoms with Crippen LogP contribution in [0.3, 0.4) is 0 Å². The van der Waals surface area contributed by atoms with Crippen LogP contribution in [0.4, 0.5) is 11.5 Å². The number of pyridine rings is 2. The van der Waals surface area contributed by atoms with Gasteiger partial charge in [0.15, 0.2) is 0 Å². The Morgan fingerprint density at radius 2 is 1.88 bits per heavy atom. The number of amides is 1. The third-order valence-corrected chi connectivity index (χ3v) is 4.92. The van der Waals surface area contributed by atoms with E-state index in [-0.39, 0.29) is 13.0 Å². The van der Waals surface area contributed by atoms with Crippen molar-refractivity contribution in [1.82, 2.24) is 9.97 Å². The fourth-order valence-electron chi connectivity index (χ4n) is 3.14. The fraction of sp³-hybridized carbons (Fsp3) is 0.280. The second-order valence-electron chi connectivity index (χ2n) is 7.34. The summed E-state index contributed by atoms with van der Waals surface area (Å²) in [7, 11) is 1.96. The molecule has 0 aliphatic heterocycles. The topological polar surface area (TPSA) is 93.7 Å². The van der Waals surface area contributed by atoms with Crippen LogP contribution in [0.1, 0.15) is 12.5 Å². The smallest absolute Gasteiger partial charge is 0.318 e. The Bertz CT molecular complexity index is 1010. The predicted molar refractivity (Wildman–Crippen MR) is 126 cm³/mol. The Kier molecular flexibility index (Phi) is 8.76. The molecule has 0 saturated carbocycles. The van der Waals surface area contributed by atoms with E-state index in [4.69, 9.17) is 9.47 Å². The first kappa shape index (κ1) is 23.7. The molecule has 2 aromatic heterocycles. The summed E-state index contributed by atoms with van der Waals surface area (Å²) in [6.07, 6.45) is 5.11. The molecule has 1 amide bonds. The highest BCUT2D eigenvalue weighted by Gasteiger charge is 2.28. The van der Waals surface area contributed by atoms with Crippen molar-refractivity contribution in [3.8, 4) is 5.75 Å². The number of carbonyl (C=O) groups is 2. The van der Waals surface area contributed by atoms with E-state index in [9.17, 15) is 9.59 Å². The quantitative estimate of drug-likeness (QED) is 0.355. The molecule has 0 bridgehead atoms. The minimum Gasteiger partial charge on any atom is -0.492 e. The van der Waals surface area contributed by atoms with E-state index in [0.717, 1.165) is 11.4 Å². The maximum atomic E-state index is 12.7. The molecule has 1 unspecified atom stereocenters. The van der Waals surface area contributed by atoms with Gasteiger partial charge in [-0.15, -0.1) is 0 Å². The zero-order valence-corrected chi connectivity index (χ0v) is 18.8. The molecule has 8 nitrogen and oxygen atoms in total. The maximum absolute atomic E-state index is 12.7. The SMILES string of the molecule is CCOC(=O)C(Cc1ccc(OCCN(C)c2ccccn2)cc1)C(=O)Nc1cccnc1. The average Bonchev–Trinajstić information content (AvgIpc) is 2.84. The molecule has 0 spiro atoms. The number of ether oxygens (including phenoxy) is 2. The van der Waals surface area contributed by atoms with Gasteiger partial charge < -0.3 is 19.7 Å². The number of esters is 1. The van der Waals surface area contributed by atoms with Crippen molar-refractivity contribution in [2.24, 2.45) is 5.92 Å². The molecule has 2 heterocycles. The largest absolute Gasteiger partial charge is 0.492 e. The van der Waals surface area contributed by atoms with Crippen LogP contribution in [0.15, 0.2) is 73.2 Å². The highest BCUT2D eigenvalue weighted by Crippen LogP contribution is 2.18. The van der Waals surface area contributed by atoms with Crippen LogP contribution in [0.2, 0.25) is 0 Å². The number of benzene rings is 1. The second kappa shape index (κ2) is 12.2. The molecule has 0 saturated heterocycles. The minimum atomic E-state index is -0.969. The van der Waals surface area contributed by atoms with Gasteiger partial charge in [-0.2, -0.15) is 0 Å². The first-order valence-electron chi connectivity index (χ1n) is 10.8. The van der Waals surface area contributed by atoms with Gasteiger partial charge in [-0.1, -0.05) is 18.2 Å². The number of nitrogens with zero attached hydrogens (tertiary/aromatic N) is 3. The first-order chi connectivity index (χ1) is 16.1. The molecule has 3 rings (SSSR count). The number of rotatable bonds is 11. The number of aromatic nitrogens is 2. The Morgan fingerprint density at radius 1 is 1.06 bits per heavy atom. The average molecular weight is 449 g/mol.